The van der Waals surface area contributed by atoms with Crippen molar-refractivity contribution in [2.75, 3.05) is 12.1 Å². The number of diazo groups is 1. The lowest BCUT2D eigenvalue weighted by Crippen LogP contribution is -2.26. The van der Waals surface area contributed by atoms with Crippen molar-refractivity contribution >= 4 is 17.9 Å². The second-order valence-electron chi connectivity index (χ2n) is 4.65. The Morgan fingerprint density at radius 3 is 2.54 bits per heavy atom. The second kappa shape index (κ2) is 7.10. The number of aromatic carboxylic acids is 1. The fourth-order valence-electron chi connectivity index (χ4n) is 1.85. The van der Waals surface area contributed by atoms with Gasteiger partial charge in [0.2, 0.25) is 5.82 Å². The van der Waals surface area contributed by atoms with Gasteiger partial charge >= 0.3 is 17.1 Å². The Kier molecular flexibility index (Phi) is 4.96. The molecule has 2 aromatic rings. The number of nitrogens with one attached hydrogen (secondary N) is 1. The van der Waals surface area contributed by atoms with E-state index in [1.807, 2.05) is 0 Å². The van der Waals surface area contributed by atoms with Crippen LogP contribution in [0.5, 0.6) is 5.75 Å². The summed E-state index contributed by atoms with van der Waals surface area (Å²) in [6.07, 6.45) is -1.67. The van der Waals surface area contributed by atoms with Crippen LogP contribution in [0, 0.1) is 5.39 Å². The molecule has 24 heavy (non-hydrogen) atoms. The maximum Gasteiger partial charge on any atom is 0.489 e. The minimum Gasteiger partial charge on any atom is -0.497 e. The van der Waals surface area contributed by atoms with Crippen LogP contribution in [0.3, 0.4) is 0 Å². The zero-order valence-electron chi connectivity index (χ0n) is 12.8. The van der Waals surface area contributed by atoms with Crippen LogP contribution in [0.2, 0.25) is 0 Å². The van der Waals surface area contributed by atoms with Crippen molar-refractivity contribution in [2.24, 2.45) is 0 Å². The number of ether oxygens (including phenoxy) is 2. The number of aromatic nitrogens is 2. The predicted molar refractivity (Wildman–Crippen MR) is 81.0 cm³/mol. The SMILES string of the molecule is COc1ccc(C(C)OC(=O)N([N+]#N)c2cc(C(=O)O)[nH]n2)cc1. The average molecular weight is 332 g/mol. The Balaban J connectivity index is 2.10. The van der Waals surface area contributed by atoms with Gasteiger partial charge in [-0.25, -0.2) is 9.59 Å². The highest BCUT2D eigenvalue weighted by molar-refractivity contribution is 5.91. The van der Waals surface area contributed by atoms with E-state index < -0.39 is 18.2 Å². The van der Waals surface area contributed by atoms with Crippen molar-refractivity contribution in [1.82, 2.24) is 10.2 Å². The molecule has 0 radical (unpaired) electrons. The number of rotatable bonds is 5. The molecule has 2 rings (SSSR count). The highest BCUT2D eigenvalue weighted by atomic mass is 16.6. The van der Waals surface area contributed by atoms with Crippen molar-refractivity contribution in [3.63, 3.8) is 0 Å². The quantitative estimate of drug-likeness (QED) is 0.635. The van der Waals surface area contributed by atoms with Gasteiger partial charge in [0.1, 0.15) is 22.6 Å². The van der Waals surface area contributed by atoms with Gasteiger partial charge in [0.15, 0.2) is 0 Å². The minimum atomic E-state index is -1.27. The topological polar surface area (TPSA) is 133 Å². The third kappa shape index (κ3) is 3.58. The molecule has 0 fully saturated rings. The number of carbonyl (C=O) groups is 2. The van der Waals surface area contributed by atoms with E-state index in [-0.39, 0.29) is 11.5 Å². The Labute approximate surface area is 136 Å². The summed E-state index contributed by atoms with van der Waals surface area (Å²) >= 11 is 0. The summed E-state index contributed by atoms with van der Waals surface area (Å²) < 4.78 is 10.2. The first-order valence-corrected chi connectivity index (χ1v) is 6.74. The van der Waals surface area contributed by atoms with Crippen molar-refractivity contribution in [3.05, 3.63) is 46.7 Å². The van der Waals surface area contributed by atoms with E-state index in [1.165, 1.54) is 7.11 Å². The number of amides is 1. The maximum absolute atomic E-state index is 12.1. The van der Waals surface area contributed by atoms with Gasteiger partial charge in [-0.05, 0) is 24.6 Å². The van der Waals surface area contributed by atoms with E-state index in [0.29, 0.717) is 16.3 Å². The summed E-state index contributed by atoms with van der Waals surface area (Å²) in [4.78, 5) is 22.9. The fourth-order valence-corrected chi connectivity index (χ4v) is 1.85. The first-order valence-electron chi connectivity index (χ1n) is 6.74. The van der Waals surface area contributed by atoms with Gasteiger partial charge in [-0.15, -0.1) is 5.10 Å². The van der Waals surface area contributed by atoms with E-state index in [4.69, 9.17) is 20.0 Å². The molecule has 1 unspecified atom stereocenters. The lowest BCUT2D eigenvalue weighted by molar-refractivity contribution is 0.0690. The molecule has 1 atom stereocenters. The number of anilines is 1. The highest BCUT2D eigenvalue weighted by Crippen LogP contribution is 2.22. The van der Waals surface area contributed by atoms with Crippen LogP contribution < -0.4 is 9.75 Å². The molecule has 0 saturated carbocycles. The minimum absolute atomic E-state index is 0.221. The zero-order valence-corrected chi connectivity index (χ0v) is 12.8. The number of hydrogen-bond acceptors (Lipinski definition) is 6. The molecule has 0 saturated heterocycles. The molecule has 124 valence electrons. The molecule has 2 N–H and O–H groups in total. The summed E-state index contributed by atoms with van der Waals surface area (Å²) in [5.74, 6) is -0.838. The monoisotopic (exact) mass is 332 g/mol. The zero-order chi connectivity index (χ0) is 17.7. The first kappa shape index (κ1) is 16.8. The van der Waals surface area contributed by atoms with E-state index in [1.54, 1.807) is 31.2 Å². The van der Waals surface area contributed by atoms with E-state index in [0.717, 1.165) is 6.07 Å². The van der Waals surface area contributed by atoms with E-state index >= 15 is 0 Å². The molecule has 1 aromatic heterocycles. The number of aromatic amines is 1. The summed E-state index contributed by atoms with van der Waals surface area (Å²) in [6.45, 7) is 1.63. The summed E-state index contributed by atoms with van der Waals surface area (Å²) in [5, 5.41) is 26.8. The van der Waals surface area contributed by atoms with Crippen LogP contribution in [0.1, 0.15) is 29.1 Å². The number of carboxylic acid groups (broad SMARTS) is 1. The highest BCUT2D eigenvalue weighted by Gasteiger charge is 2.33. The summed E-state index contributed by atoms with van der Waals surface area (Å²) in [6, 6.07) is 7.88. The van der Waals surface area contributed by atoms with Crippen LogP contribution >= 0.6 is 0 Å². The Bertz CT molecular complexity index is 780. The van der Waals surface area contributed by atoms with E-state index in [2.05, 4.69) is 15.3 Å². The molecule has 0 aliphatic carbocycles. The van der Waals surface area contributed by atoms with Gasteiger partial charge in [0.25, 0.3) is 5.39 Å². The third-order valence-corrected chi connectivity index (χ3v) is 3.14. The number of H-pyrrole nitrogens is 1. The normalized spacial score (nSPS) is 11.2. The van der Waals surface area contributed by atoms with Gasteiger partial charge < -0.3 is 14.6 Å². The molecular formula is C14H14N5O5+. The number of hydrogen-bond donors (Lipinski definition) is 2. The molecule has 0 bridgehead atoms. The third-order valence-electron chi connectivity index (χ3n) is 3.14. The molecule has 0 spiro atoms. The van der Waals surface area contributed by atoms with Crippen LogP contribution in [-0.2, 0) is 4.74 Å². The number of nitrogens with zero attached hydrogens (tertiary/aromatic N) is 4. The second-order valence-corrected chi connectivity index (χ2v) is 4.65. The Hall–Kier alpha value is -3.61. The van der Waals surface area contributed by atoms with E-state index in [9.17, 15) is 9.59 Å². The molecule has 10 heteroatoms. The number of carbonyl (C=O) groups excluding carboxylic acids is 1. The van der Waals surface area contributed by atoms with Crippen LogP contribution in [0.15, 0.2) is 30.3 Å². The molecule has 1 amide bonds. The van der Waals surface area contributed by atoms with Gasteiger partial charge in [-0.2, -0.15) is 0 Å². The molecular weight excluding hydrogens is 318 g/mol. The predicted octanol–water partition coefficient (Wildman–Crippen LogP) is 2.59. The Morgan fingerprint density at radius 2 is 2.04 bits per heavy atom. The van der Waals surface area contributed by atoms with Crippen LogP contribution in [0.4, 0.5) is 10.6 Å². The number of benzene rings is 1. The lowest BCUT2D eigenvalue weighted by Gasteiger charge is -2.13. The van der Waals surface area contributed by atoms with Gasteiger partial charge in [-0.1, -0.05) is 12.1 Å². The molecule has 1 aromatic carbocycles. The van der Waals surface area contributed by atoms with Crippen molar-refractivity contribution in [3.8, 4) is 5.75 Å². The molecule has 0 aliphatic rings. The van der Waals surface area contributed by atoms with Gasteiger partial charge in [0, 0.05) is 6.07 Å². The van der Waals surface area contributed by atoms with Crippen LogP contribution in [-0.4, -0.2) is 34.5 Å². The molecule has 1 heterocycles. The number of carboxylic acids is 1. The van der Waals surface area contributed by atoms with Gasteiger partial charge in [0.05, 0.1) is 7.11 Å². The summed E-state index contributed by atoms with van der Waals surface area (Å²) in [5.41, 5.74) is 0.421. The van der Waals surface area contributed by atoms with Gasteiger partial charge in [-0.3, -0.25) is 5.10 Å². The average Bonchev–Trinajstić information content (AvgIpc) is 3.05. The molecule has 10 nitrogen and oxygen atoms in total. The standard InChI is InChI=1S/C14H13N5O5/c1-8(9-3-5-10(23-2)6-4-9)24-14(22)19(18-15)12-7-11(13(20)21)16-17-12/h3-8H,1-2H3,(H-,16,17,20,21)/p+1. The summed E-state index contributed by atoms with van der Waals surface area (Å²) in [7, 11) is 1.54. The smallest absolute Gasteiger partial charge is 0.489 e. The van der Waals surface area contributed by atoms with Crippen LogP contribution in [0.25, 0.3) is 5.08 Å². The lowest BCUT2D eigenvalue weighted by atomic mass is 10.1. The molecule has 0 aliphatic heterocycles. The maximum atomic E-state index is 12.1. The number of methoxy groups -OCH3 is 1. The fraction of sp³-hybridized carbons (Fsp3) is 0.214. The Morgan fingerprint density at radius 1 is 1.38 bits per heavy atom. The van der Waals surface area contributed by atoms with Crippen molar-refractivity contribution in [1.29, 1.82) is 5.39 Å². The van der Waals surface area contributed by atoms with Crippen molar-refractivity contribution < 1.29 is 24.2 Å². The van der Waals surface area contributed by atoms with Crippen molar-refractivity contribution in [2.45, 2.75) is 13.0 Å². The largest absolute Gasteiger partial charge is 0.497 e. The first-order chi connectivity index (χ1) is 11.5.